The Hall–Kier alpha value is -3.58. The molecule has 0 aliphatic carbocycles. The van der Waals surface area contributed by atoms with Crippen LogP contribution in [0.25, 0.3) is 6.08 Å². The third-order valence-corrected chi connectivity index (χ3v) is 5.16. The molecule has 3 aromatic carbocycles. The van der Waals surface area contributed by atoms with Crippen molar-refractivity contribution in [3.63, 3.8) is 0 Å². The van der Waals surface area contributed by atoms with Crippen molar-refractivity contribution in [2.45, 2.75) is 6.61 Å². The van der Waals surface area contributed by atoms with Crippen LogP contribution in [0.3, 0.4) is 0 Å². The number of halogens is 1. The minimum absolute atomic E-state index is 0.00793. The van der Waals surface area contributed by atoms with E-state index in [1.54, 1.807) is 43.5 Å². The van der Waals surface area contributed by atoms with E-state index >= 15 is 0 Å². The summed E-state index contributed by atoms with van der Waals surface area (Å²) in [4.78, 5) is 25.5. The predicted octanol–water partition coefficient (Wildman–Crippen LogP) is 4.50. The molecule has 1 aliphatic rings. The number of rotatable bonds is 6. The van der Waals surface area contributed by atoms with Crippen molar-refractivity contribution in [1.29, 1.82) is 0 Å². The van der Waals surface area contributed by atoms with Gasteiger partial charge in [0, 0.05) is 10.0 Å². The highest BCUT2D eigenvalue weighted by molar-refractivity contribution is 9.10. The van der Waals surface area contributed by atoms with Gasteiger partial charge >= 0.3 is 0 Å². The third-order valence-electron chi connectivity index (χ3n) is 4.70. The van der Waals surface area contributed by atoms with Crippen molar-refractivity contribution >= 4 is 39.5 Å². The minimum atomic E-state index is -0.484. The fourth-order valence-corrected chi connectivity index (χ4v) is 3.66. The lowest BCUT2D eigenvalue weighted by Gasteiger charge is -2.15. The van der Waals surface area contributed by atoms with E-state index in [0.29, 0.717) is 29.4 Å². The summed E-state index contributed by atoms with van der Waals surface area (Å²) in [5.74, 6) is 0.00898. The highest BCUT2D eigenvalue weighted by Gasteiger charge is 2.34. The van der Waals surface area contributed by atoms with E-state index in [0.717, 1.165) is 10.0 Å². The number of anilines is 1. The molecule has 0 aromatic heterocycles. The number of ether oxygens (including phenoxy) is 2. The van der Waals surface area contributed by atoms with Gasteiger partial charge in [-0.25, -0.2) is 5.01 Å². The molecule has 7 heteroatoms. The van der Waals surface area contributed by atoms with Gasteiger partial charge in [-0.3, -0.25) is 15.0 Å². The molecule has 0 saturated carbocycles. The number of carbonyl (C=O) groups is 2. The highest BCUT2D eigenvalue weighted by atomic mass is 79.9. The van der Waals surface area contributed by atoms with Crippen LogP contribution in [-0.4, -0.2) is 18.9 Å². The molecule has 3 aromatic rings. The molecule has 1 N–H and O–H groups in total. The number of nitrogens with zero attached hydrogens (tertiary/aromatic N) is 1. The Labute approximate surface area is 188 Å². The lowest BCUT2D eigenvalue weighted by molar-refractivity contribution is -0.117. The van der Waals surface area contributed by atoms with Gasteiger partial charge in [0.1, 0.15) is 12.2 Å². The number of nitrogens with one attached hydrogen (secondary N) is 1. The summed E-state index contributed by atoms with van der Waals surface area (Å²) in [6.45, 7) is 0.311. The molecule has 0 atom stereocenters. The number of hydrazine groups is 1. The van der Waals surface area contributed by atoms with Gasteiger partial charge in [0.25, 0.3) is 11.8 Å². The first-order valence-electron chi connectivity index (χ1n) is 9.53. The fourth-order valence-electron chi connectivity index (χ4n) is 3.20. The van der Waals surface area contributed by atoms with Crippen LogP contribution in [0.2, 0.25) is 0 Å². The summed E-state index contributed by atoms with van der Waals surface area (Å²) in [7, 11) is 1.54. The lowest BCUT2D eigenvalue weighted by Crippen LogP contribution is -2.35. The van der Waals surface area contributed by atoms with Crippen molar-refractivity contribution in [1.82, 2.24) is 5.43 Å². The molecule has 1 heterocycles. The van der Waals surface area contributed by atoms with E-state index in [9.17, 15) is 9.59 Å². The zero-order valence-electron chi connectivity index (χ0n) is 16.7. The molecule has 31 heavy (non-hydrogen) atoms. The van der Waals surface area contributed by atoms with Gasteiger partial charge in [0.05, 0.1) is 12.8 Å². The molecular formula is C24H19BrN2O4. The maximum atomic E-state index is 12.9. The monoisotopic (exact) mass is 478 g/mol. The Balaban J connectivity index is 1.70. The van der Waals surface area contributed by atoms with E-state index in [1.165, 1.54) is 11.1 Å². The smallest absolute Gasteiger partial charge is 0.282 e. The number of hydrogen-bond donors (Lipinski definition) is 1. The minimum Gasteiger partial charge on any atom is -0.493 e. The van der Waals surface area contributed by atoms with Gasteiger partial charge in [-0.15, -0.1) is 0 Å². The van der Waals surface area contributed by atoms with E-state index in [1.807, 2.05) is 36.4 Å². The SMILES string of the molecule is COc1cc(Br)cc(/C=C2\C(=O)NN(c3ccccc3)C2=O)c1OCc1ccccc1. The van der Waals surface area contributed by atoms with Crippen LogP contribution < -0.4 is 19.9 Å². The summed E-state index contributed by atoms with van der Waals surface area (Å²) < 4.78 is 12.3. The summed E-state index contributed by atoms with van der Waals surface area (Å²) in [6.07, 6.45) is 1.52. The molecular weight excluding hydrogens is 460 g/mol. The number of amides is 2. The topological polar surface area (TPSA) is 67.9 Å². The summed E-state index contributed by atoms with van der Waals surface area (Å²) in [5, 5.41) is 1.23. The van der Waals surface area contributed by atoms with Gasteiger partial charge in [-0.1, -0.05) is 64.5 Å². The van der Waals surface area contributed by atoms with Gasteiger partial charge in [-0.2, -0.15) is 0 Å². The number of benzene rings is 3. The molecule has 1 aliphatic heterocycles. The number of hydrogen-bond acceptors (Lipinski definition) is 4. The van der Waals surface area contributed by atoms with Crippen molar-refractivity contribution in [3.05, 3.63) is 94.0 Å². The predicted molar refractivity (Wildman–Crippen MR) is 122 cm³/mol. The van der Waals surface area contributed by atoms with Crippen molar-refractivity contribution in [3.8, 4) is 11.5 Å². The molecule has 2 amide bonds. The standard InChI is InChI=1S/C24H19BrN2O4/c1-30-21-14-18(25)12-17(22(21)31-15-16-8-4-2-5-9-16)13-20-23(28)26-27(24(20)29)19-10-6-3-7-11-19/h2-14H,15H2,1H3,(H,26,28)/b20-13+. The zero-order valence-corrected chi connectivity index (χ0v) is 18.3. The van der Waals surface area contributed by atoms with Gasteiger partial charge in [-0.05, 0) is 35.9 Å². The Morgan fingerprint density at radius 3 is 2.35 bits per heavy atom. The van der Waals surface area contributed by atoms with Crippen LogP contribution in [0.1, 0.15) is 11.1 Å². The molecule has 6 nitrogen and oxygen atoms in total. The van der Waals surface area contributed by atoms with Gasteiger partial charge in [0.2, 0.25) is 0 Å². The first-order chi connectivity index (χ1) is 15.1. The van der Waals surface area contributed by atoms with Crippen LogP contribution in [-0.2, 0) is 16.2 Å². The Bertz CT molecular complexity index is 1150. The summed E-state index contributed by atoms with van der Waals surface area (Å²) in [5.41, 5.74) is 4.73. The quantitative estimate of drug-likeness (QED) is 0.418. The second-order valence-corrected chi connectivity index (χ2v) is 7.69. The largest absolute Gasteiger partial charge is 0.493 e. The lowest BCUT2D eigenvalue weighted by atomic mass is 10.1. The van der Waals surface area contributed by atoms with Crippen LogP contribution in [0.4, 0.5) is 5.69 Å². The van der Waals surface area contributed by atoms with E-state index < -0.39 is 11.8 Å². The van der Waals surface area contributed by atoms with Crippen molar-refractivity contribution in [2.75, 3.05) is 12.1 Å². The highest BCUT2D eigenvalue weighted by Crippen LogP contribution is 2.37. The van der Waals surface area contributed by atoms with E-state index in [2.05, 4.69) is 21.4 Å². The van der Waals surface area contributed by atoms with Crippen LogP contribution in [0.5, 0.6) is 11.5 Å². The molecule has 0 bridgehead atoms. The first-order valence-corrected chi connectivity index (χ1v) is 10.3. The number of para-hydroxylation sites is 1. The summed E-state index contributed by atoms with van der Waals surface area (Å²) >= 11 is 3.45. The number of carbonyl (C=O) groups excluding carboxylic acids is 2. The van der Waals surface area contributed by atoms with E-state index in [4.69, 9.17) is 9.47 Å². The molecule has 4 rings (SSSR count). The fraction of sp³-hybridized carbons (Fsp3) is 0.0833. The summed E-state index contributed by atoms with van der Waals surface area (Å²) in [6, 6.07) is 22.2. The zero-order chi connectivity index (χ0) is 21.8. The van der Waals surface area contributed by atoms with Crippen LogP contribution >= 0.6 is 15.9 Å². The van der Waals surface area contributed by atoms with Crippen molar-refractivity contribution < 1.29 is 19.1 Å². The van der Waals surface area contributed by atoms with E-state index in [-0.39, 0.29) is 5.57 Å². The van der Waals surface area contributed by atoms with Crippen LogP contribution in [0, 0.1) is 0 Å². The average molecular weight is 479 g/mol. The second kappa shape index (κ2) is 9.06. The van der Waals surface area contributed by atoms with Gasteiger partial charge < -0.3 is 9.47 Å². The van der Waals surface area contributed by atoms with Gasteiger partial charge in [0.15, 0.2) is 11.5 Å². The second-order valence-electron chi connectivity index (χ2n) is 6.78. The maximum Gasteiger partial charge on any atom is 0.282 e. The molecule has 0 spiro atoms. The maximum absolute atomic E-state index is 12.9. The third kappa shape index (κ3) is 4.46. The van der Waals surface area contributed by atoms with Crippen LogP contribution in [0.15, 0.2) is 82.8 Å². The average Bonchev–Trinajstić information content (AvgIpc) is 3.07. The Morgan fingerprint density at radius 2 is 1.68 bits per heavy atom. The normalized spacial score (nSPS) is 14.6. The molecule has 1 saturated heterocycles. The molecule has 156 valence electrons. The molecule has 0 radical (unpaired) electrons. The Kier molecular flexibility index (Phi) is 6.04. The Morgan fingerprint density at radius 1 is 1.00 bits per heavy atom. The molecule has 0 unspecified atom stereocenters. The molecule has 1 fully saturated rings. The van der Waals surface area contributed by atoms with Crippen molar-refractivity contribution in [2.24, 2.45) is 0 Å². The number of methoxy groups -OCH3 is 1. The first kappa shape index (κ1) is 20.7.